The zero-order valence-corrected chi connectivity index (χ0v) is 11.1. The lowest BCUT2D eigenvalue weighted by molar-refractivity contribution is 0.184. The van der Waals surface area contributed by atoms with Gasteiger partial charge in [-0.2, -0.15) is 0 Å². The van der Waals surface area contributed by atoms with E-state index in [0.29, 0.717) is 0 Å². The summed E-state index contributed by atoms with van der Waals surface area (Å²) in [6.07, 6.45) is 6.92. The highest BCUT2D eigenvalue weighted by molar-refractivity contribution is 5.27. The van der Waals surface area contributed by atoms with Gasteiger partial charge in [0.15, 0.2) is 0 Å². The lowest BCUT2D eigenvalue weighted by Gasteiger charge is -2.31. The van der Waals surface area contributed by atoms with Crippen molar-refractivity contribution < 1.29 is 4.74 Å². The van der Waals surface area contributed by atoms with E-state index in [0.717, 1.165) is 18.4 Å². The minimum atomic E-state index is 0.733. The fraction of sp³-hybridized carbons (Fsp3) is 0.625. The summed E-state index contributed by atoms with van der Waals surface area (Å²) in [6.45, 7) is 3.07. The van der Waals surface area contributed by atoms with E-state index in [4.69, 9.17) is 4.74 Å². The Morgan fingerprint density at radius 3 is 2.82 bits per heavy atom. The van der Waals surface area contributed by atoms with Gasteiger partial charge >= 0.3 is 0 Å². The van der Waals surface area contributed by atoms with E-state index in [-0.39, 0.29) is 0 Å². The lowest BCUT2D eigenvalue weighted by Crippen LogP contribution is -2.17. The van der Waals surface area contributed by atoms with E-state index >= 15 is 0 Å². The largest absolute Gasteiger partial charge is 0.380 e. The van der Waals surface area contributed by atoms with Crippen LogP contribution in [0.25, 0.3) is 0 Å². The summed E-state index contributed by atoms with van der Waals surface area (Å²) in [4.78, 5) is 0. The molecule has 0 spiro atoms. The fourth-order valence-corrected chi connectivity index (χ4v) is 3.22. The second kappa shape index (κ2) is 6.20. The topological polar surface area (TPSA) is 9.23 Å². The van der Waals surface area contributed by atoms with Gasteiger partial charge in [-0.15, -0.1) is 0 Å². The average Bonchev–Trinajstić information content (AvgIpc) is 2.39. The lowest BCUT2D eigenvalue weighted by atomic mass is 9.74. The molecule has 0 N–H and O–H groups in total. The quantitative estimate of drug-likeness (QED) is 0.741. The van der Waals surface area contributed by atoms with Crippen molar-refractivity contribution in [2.75, 3.05) is 7.11 Å². The standard InChI is InChI=1S/C16H24O/c1-3-14-8-4-5-10-16(14)15-9-6-7-13(11-15)12-17-2/h6-7,9,11,14,16H,3-5,8,10,12H2,1-2H3. The average molecular weight is 232 g/mol. The van der Waals surface area contributed by atoms with Gasteiger partial charge in [-0.25, -0.2) is 0 Å². The van der Waals surface area contributed by atoms with E-state index < -0.39 is 0 Å². The van der Waals surface area contributed by atoms with E-state index in [2.05, 4.69) is 31.2 Å². The molecule has 2 atom stereocenters. The van der Waals surface area contributed by atoms with Crippen LogP contribution in [0.5, 0.6) is 0 Å². The van der Waals surface area contributed by atoms with E-state index in [1.54, 1.807) is 7.11 Å². The molecule has 17 heavy (non-hydrogen) atoms. The summed E-state index contributed by atoms with van der Waals surface area (Å²) in [6, 6.07) is 9.00. The fourth-order valence-electron chi connectivity index (χ4n) is 3.22. The Hall–Kier alpha value is -0.820. The molecule has 0 aliphatic heterocycles. The Morgan fingerprint density at radius 2 is 2.06 bits per heavy atom. The molecule has 2 unspecified atom stereocenters. The van der Waals surface area contributed by atoms with Gasteiger partial charge in [0.05, 0.1) is 6.61 Å². The van der Waals surface area contributed by atoms with Crippen LogP contribution in [0, 0.1) is 5.92 Å². The Morgan fingerprint density at radius 1 is 1.24 bits per heavy atom. The van der Waals surface area contributed by atoms with Gasteiger partial charge in [-0.1, -0.05) is 50.5 Å². The monoisotopic (exact) mass is 232 g/mol. The Kier molecular flexibility index (Phi) is 4.61. The van der Waals surface area contributed by atoms with Gasteiger partial charge in [0.2, 0.25) is 0 Å². The van der Waals surface area contributed by atoms with Gasteiger partial charge in [0.25, 0.3) is 0 Å². The Labute approximate surface area is 105 Å². The maximum atomic E-state index is 5.22. The number of benzene rings is 1. The van der Waals surface area contributed by atoms with Crippen molar-refractivity contribution in [2.24, 2.45) is 5.92 Å². The van der Waals surface area contributed by atoms with Gasteiger partial charge in [0, 0.05) is 7.11 Å². The minimum Gasteiger partial charge on any atom is -0.380 e. The molecule has 0 saturated heterocycles. The molecule has 1 aromatic carbocycles. The van der Waals surface area contributed by atoms with Gasteiger partial charge < -0.3 is 4.74 Å². The molecule has 0 bridgehead atoms. The van der Waals surface area contributed by atoms with Gasteiger partial charge in [-0.05, 0) is 35.8 Å². The highest BCUT2D eigenvalue weighted by Gasteiger charge is 2.24. The number of hydrogen-bond acceptors (Lipinski definition) is 1. The first-order valence-corrected chi connectivity index (χ1v) is 6.93. The first kappa shape index (κ1) is 12.6. The number of ether oxygens (including phenoxy) is 1. The van der Waals surface area contributed by atoms with Crippen LogP contribution < -0.4 is 0 Å². The second-order valence-electron chi connectivity index (χ2n) is 5.24. The number of rotatable bonds is 4. The van der Waals surface area contributed by atoms with Crippen molar-refractivity contribution in [1.82, 2.24) is 0 Å². The molecule has 1 aliphatic carbocycles. The first-order chi connectivity index (χ1) is 8.35. The molecule has 0 aromatic heterocycles. The molecule has 1 saturated carbocycles. The van der Waals surface area contributed by atoms with Crippen LogP contribution in [-0.2, 0) is 11.3 Å². The van der Waals surface area contributed by atoms with E-state index in [9.17, 15) is 0 Å². The van der Waals surface area contributed by atoms with Crippen molar-refractivity contribution in [1.29, 1.82) is 0 Å². The molecule has 0 heterocycles. The van der Waals surface area contributed by atoms with Crippen LogP contribution >= 0.6 is 0 Å². The molecule has 2 rings (SSSR count). The maximum Gasteiger partial charge on any atom is 0.0713 e. The third-order valence-corrected chi connectivity index (χ3v) is 4.12. The molecular formula is C16H24O. The third kappa shape index (κ3) is 3.10. The van der Waals surface area contributed by atoms with Crippen LogP contribution in [0.4, 0.5) is 0 Å². The molecular weight excluding hydrogens is 208 g/mol. The van der Waals surface area contributed by atoms with Crippen molar-refractivity contribution in [3.63, 3.8) is 0 Å². The zero-order valence-electron chi connectivity index (χ0n) is 11.1. The van der Waals surface area contributed by atoms with Crippen molar-refractivity contribution in [2.45, 2.75) is 51.6 Å². The predicted molar refractivity (Wildman–Crippen MR) is 72.1 cm³/mol. The summed E-state index contributed by atoms with van der Waals surface area (Å²) in [7, 11) is 1.77. The maximum absolute atomic E-state index is 5.22. The highest BCUT2D eigenvalue weighted by Crippen LogP contribution is 2.39. The summed E-state index contributed by atoms with van der Waals surface area (Å²) in [5, 5.41) is 0. The van der Waals surface area contributed by atoms with Crippen LogP contribution in [-0.4, -0.2) is 7.11 Å². The van der Waals surface area contributed by atoms with Crippen molar-refractivity contribution >= 4 is 0 Å². The number of hydrogen-bond donors (Lipinski definition) is 0. The third-order valence-electron chi connectivity index (χ3n) is 4.12. The van der Waals surface area contributed by atoms with Gasteiger partial charge in [-0.3, -0.25) is 0 Å². The van der Waals surface area contributed by atoms with Crippen molar-refractivity contribution in [3.05, 3.63) is 35.4 Å². The first-order valence-electron chi connectivity index (χ1n) is 6.93. The van der Waals surface area contributed by atoms with Crippen molar-refractivity contribution in [3.8, 4) is 0 Å². The Balaban J connectivity index is 2.16. The smallest absolute Gasteiger partial charge is 0.0713 e. The van der Waals surface area contributed by atoms with Crippen LogP contribution in [0.15, 0.2) is 24.3 Å². The predicted octanol–water partition coefficient (Wildman–Crippen LogP) is 4.52. The molecule has 94 valence electrons. The van der Waals surface area contributed by atoms with Gasteiger partial charge in [0.1, 0.15) is 0 Å². The summed E-state index contributed by atoms with van der Waals surface area (Å²) in [5.41, 5.74) is 2.84. The van der Waals surface area contributed by atoms with E-state index in [1.807, 2.05) is 0 Å². The van der Waals surface area contributed by atoms with Crippen LogP contribution in [0.2, 0.25) is 0 Å². The SMILES string of the molecule is CCC1CCCCC1c1cccc(COC)c1. The second-order valence-corrected chi connectivity index (χ2v) is 5.24. The van der Waals surface area contributed by atoms with Crippen LogP contribution in [0.1, 0.15) is 56.1 Å². The minimum absolute atomic E-state index is 0.733. The molecule has 1 fully saturated rings. The molecule has 1 aromatic rings. The Bertz CT molecular complexity index is 345. The molecule has 1 nitrogen and oxygen atoms in total. The summed E-state index contributed by atoms with van der Waals surface area (Å²) in [5.74, 6) is 1.67. The summed E-state index contributed by atoms with van der Waals surface area (Å²) < 4.78 is 5.22. The van der Waals surface area contributed by atoms with Crippen LogP contribution in [0.3, 0.4) is 0 Å². The molecule has 1 heteroatoms. The zero-order chi connectivity index (χ0) is 12.1. The van der Waals surface area contributed by atoms with E-state index in [1.165, 1.54) is 43.2 Å². The normalized spacial score (nSPS) is 24.8. The molecule has 0 amide bonds. The number of methoxy groups -OCH3 is 1. The molecule has 1 aliphatic rings. The summed E-state index contributed by atoms with van der Waals surface area (Å²) >= 11 is 0. The highest BCUT2D eigenvalue weighted by atomic mass is 16.5. The molecule has 0 radical (unpaired) electrons.